The van der Waals surface area contributed by atoms with Gasteiger partial charge in [-0.15, -0.1) is 0 Å². The zero-order valence-electron chi connectivity index (χ0n) is 17.9. The van der Waals surface area contributed by atoms with Crippen molar-refractivity contribution in [1.82, 2.24) is 0 Å². The number of nitrogens with one attached hydrogen (secondary N) is 1. The van der Waals surface area contributed by atoms with Crippen molar-refractivity contribution < 1.29 is 28.6 Å². The molecule has 0 bridgehead atoms. The van der Waals surface area contributed by atoms with Crippen LogP contribution in [0, 0.1) is 0 Å². The number of hydrogen-bond acceptors (Lipinski definition) is 7. The Balaban J connectivity index is 1.85. The standard InChI is InChI=1S/C25H22N2O6/c1-3-13-31-22(28)19-15(2)33-21(26)20(23(29)32-14-16-9-5-4-6-10-16)25(19)17-11-7-8-12-18(17)27-24(25)30/h3-12H,1,13-14,26H2,2H3,(H,27,30). The van der Waals surface area contributed by atoms with E-state index in [1.165, 1.54) is 13.0 Å². The van der Waals surface area contributed by atoms with Crippen LogP contribution in [0.5, 0.6) is 0 Å². The van der Waals surface area contributed by atoms with Gasteiger partial charge in [0.25, 0.3) is 0 Å². The monoisotopic (exact) mass is 446 g/mol. The summed E-state index contributed by atoms with van der Waals surface area (Å²) in [6, 6.07) is 15.8. The fourth-order valence-corrected chi connectivity index (χ4v) is 4.15. The fourth-order valence-electron chi connectivity index (χ4n) is 4.15. The van der Waals surface area contributed by atoms with E-state index >= 15 is 0 Å². The molecule has 2 aliphatic heterocycles. The van der Waals surface area contributed by atoms with Gasteiger partial charge in [0.1, 0.15) is 35.5 Å². The van der Waals surface area contributed by atoms with Gasteiger partial charge in [0.2, 0.25) is 11.8 Å². The second kappa shape index (κ2) is 8.66. The highest BCUT2D eigenvalue weighted by Crippen LogP contribution is 2.52. The van der Waals surface area contributed by atoms with Gasteiger partial charge < -0.3 is 25.3 Å². The van der Waals surface area contributed by atoms with Gasteiger partial charge in [-0.1, -0.05) is 61.2 Å². The molecule has 168 valence electrons. The van der Waals surface area contributed by atoms with Crippen molar-refractivity contribution in [3.05, 3.63) is 101 Å². The second-order valence-corrected chi connectivity index (χ2v) is 7.47. The Kier molecular flexibility index (Phi) is 5.74. The van der Waals surface area contributed by atoms with Crippen LogP contribution in [0.25, 0.3) is 0 Å². The number of fused-ring (bicyclic) bond motifs is 2. The molecule has 2 aromatic carbocycles. The van der Waals surface area contributed by atoms with Gasteiger partial charge in [-0.25, -0.2) is 9.59 Å². The Bertz CT molecular complexity index is 1210. The number of carbonyl (C=O) groups excluding carboxylic acids is 3. The Morgan fingerprint density at radius 1 is 1.06 bits per heavy atom. The molecule has 2 heterocycles. The average molecular weight is 446 g/mol. The molecule has 2 aromatic rings. The van der Waals surface area contributed by atoms with Gasteiger partial charge in [0, 0.05) is 11.3 Å². The van der Waals surface area contributed by atoms with Crippen LogP contribution in [0.3, 0.4) is 0 Å². The molecule has 4 rings (SSSR count). The van der Waals surface area contributed by atoms with Gasteiger partial charge >= 0.3 is 11.9 Å². The van der Waals surface area contributed by atoms with Gasteiger partial charge in [-0.2, -0.15) is 0 Å². The van der Waals surface area contributed by atoms with Crippen LogP contribution in [-0.4, -0.2) is 24.5 Å². The average Bonchev–Trinajstić information content (AvgIpc) is 3.08. The summed E-state index contributed by atoms with van der Waals surface area (Å²) in [6.45, 7) is 4.87. The number of rotatable bonds is 6. The first-order valence-electron chi connectivity index (χ1n) is 10.2. The molecular formula is C25H22N2O6. The predicted molar refractivity (Wildman–Crippen MR) is 119 cm³/mol. The number of amides is 1. The first-order chi connectivity index (χ1) is 15.9. The maximum absolute atomic E-state index is 13.6. The molecule has 2 aliphatic rings. The molecule has 0 fully saturated rings. The minimum absolute atomic E-state index is 0.0491. The highest BCUT2D eigenvalue weighted by Gasteiger charge is 2.61. The maximum Gasteiger partial charge on any atom is 0.341 e. The van der Waals surface area contributed by atoms with E-state index in [-0.39, 0.29) is 36.0 Å². The van der Waals surface area contributed by atoms with Crippen molar-refractivity contribution in [3.63, 3.8) is 0 Å². The lowest BCUT2D eigenvalue weighted by molar-refractivity contribution is -0.144. The van der Waals surface area contributed by atoms with Crippen LogP contribution in [0.1, 0.15) is 18.1 Å². The summed E-state index contributed by atoms with van der Waals surface area (Å²) >= 11 is 0. The number of benzene rings is 2. The molecule has 8 heteroatoms. The molecule has 8 nitrogen and oxygen atoms in total. The molecule has 1 spiro atoms. The van der Waals surface area contributed by atoms with Crippen LogP contribution in [0.4, 0.5) is 5.69 Å². The lowest BCUT2D eigenvalue weighted by atomic mass is 9.67. The summed E-state index contributed by atoms with van der Waals surface area (Å²) in [7, 11) is 0. The van der Waals surface area contributed by atoms with E-state index in [9.17, 15) is 14.4 Å². The number of carbonyl (C=O) groups is 3. The SMILES string of the molecule is C=CCOC(=O)C1=C(C)OC(N)=C(C(=O)OCc2ccccc2)C12C(=O)Nc1ccccc12. The van der Waals surface area contributed by atoms with Crippen molar-refractivity contribution in [2.45, 2.75) is 18.9 Å². The van der Waals surface area contributed by atoms with Gasteiger partial charge in [-0.05, 0) is 18.6 Å². The van der Waals surface area contributed by atoms with Crippen molar-refractivity contribution >= 4 is 23.5 Å². The van der Waals surface area contributed by atoms with E-state index in [1.807, 2.05) is 18.2 Å². The topological polar surface area (TPSA) is 117 Å². The molecule has 0 aliphatic carbocycles. The number of ether oxygens (including phenoxy) is 3. The van der Waals surface area contributed by atoms with E-state index in [0.717, 1.165) is 5.56 Å². The fraction of sp³-hybridized carbons (Fsp3) is 0.160. The largest absolute Gasteiger partial charge is 0.458 e. The lowest BCUT2D eigenvalue weighted by Crippen LogP contribution is -2.48. The van der Waals surface area contributed by atoms with E-state index < -0.39 is 23.3 Å². The molecule has 33 heavy (non-hydrogen) atoms. The summed E-state index contributed by atoms with van der Waals surface area (Å²) in [4.78, 5) is 40.1. The van der Waals surface area contributed by atoms with Crippen molar-refractivity contribution in [3.8, 4) is 0 Å². The van der Waals surface area contributed by atoms with Crippen LogP contribution < -0.4 is 11.1 Å². The van der Waals surface area contributed by atoms with Crippen LogP contribution in [0.2, 0.25) is 0 Å². The van der Waals surface area contributed by atoms with Crippen molar-refractivity contribution in [1.29, 1.82) is 0 Å². The molecule has 0 saturated carbocycles. The Morgan fingerprint density at radius 3 is 2.45 bits per heavy atom. The molecular weight excluding hydrogens is 424 g/mol. The first kappa shape index (κ1) is 21.9. The normalized spacial score (nSPS) is 19.0. The van der Waals surface area contributed by atoms with Gasteiger partial charge in [-0.3, -0.25) is 4.79 Å². The number of allylic oxidation sites excluding steroid dienone is 1. The number of para-hydroxylation sites is 1. The van der Waals surface area contributed by atoms with Gasteiger partial charge in [0.05, 0.1) is 0 Å². The zero-order valence-corrected chi connectivity index (χ0v) is 17.9. The minimum Gasteiger partial charge on any atom is -0.458 e. The quantitative estimate of drug-likeness (QED) is 0.518. The van der Waals surface area contributed by atoms with E-state index in [1.54, 1.807) is 36.4 Å². The Hall–Kier alpha value is -4.33. The van der Waals surface area contributed by atoms with E-state index in [4.69, 9.17) is 19.9 Å². The first-order valence-corrected chi connectivity index (χ1v) is 10.2. The Morgan fingerprint density at radius 2 is 1.73 bits per heavy atom. The van der Waals surface area contributed by atoms with Crippen LogP contribution in [0.15, 0.2) is 90.0 Å². The molecule has 1 amide bonds. The number of hydrogen-bond donors (Lipinski definition) is 2. The summed E-state index contributed by atoms with van der Waals surface area (Å²) in [6.07, 6.45) is 1.39. The van der Waals surface area contributed by atoms with Gasteiger partial charge in [0.15, 0.2) is 0 Å². The lowest BCUT2D eigenvalue weighted by Gasteiger charge is -2.35. The third-order valence-electron chi connectivity index (χ3n) is 5.48. The Labute approximate surface area is 190 Å². The van der Waals surface area contributed by atoms with Crippen molar-refractivity contribution in [2.24, 2.45) is 5.73 Å². The minimum atomic E-state index is -1.89. The highest BCUT2D eigenvalue weighted by molar-refractivity contribution is 6.21. The van der Waals surface area contributed by atoms with Crippen molar-refractivity contribution in [2.75, 3.05) is 11.9 Å². The maximum atomic E-state index is 13.6. The molecule has 1 unspecified atom stereocenters. The van der Waals surface area contributed by atoms with E-state index in [0.29, 0.717) is 11.3 Å². The zero-order chi connectivity index (χ0) is 23.6. The number of anilines is 1. The number of esters is 2. The summed E-state index contributed by atoms with van der Waals surface area (Å²) < 4.78 is 16.3. The van der Waals surface area contributed by atoms with Crippen LogP contribution >= 0.6 is 0 Å². The molecule has 3 N–H and O–H groups in total. The third kappa shape index (κ3) is 3.55. The second-order valence-electron chi connectivity index (χ2n) is 7.47. The van der Waals surface area contributed by atoms with Crippen LogP contribution in [-0.2, 0) is 40.6 Å². The summed E-state index contributed by atoms with van der Waals surface area (Å²) in [5.74, 6) is -2.62. The molecule has 0 radical (unpaired) electrons. The molecule has 1 atom stereocenters. The van der Waals surface area contributed by atoms with E-state index in [2.05, 4.69) is 11.9 Å². The number of nitrogens with two attached hydrogens (primary N) is 1. The smallest absolute Gasteiger partial charge is 0.341 e. The predicted octanol–water partition coefficient (Wildman–Crippen LogP) is 2.82. The molecule has 0 saturated heterocycles. The summed E-state index contributed by atoms with van der Waals surface area (Å²) in [5, 5.41) is 2.74. The molecule has 0 aromatic heterocycles. The third-order valence-corrected chi connectivity index (χ3v) is 5.48. The highest BCUT2D eigenvalue weighted by atomic mass is 16.5. The summed E-state index contributed by atoms with van der Waals surface area (Å²) in [5.41, 5.74) is 5.38.